The highest BCUT2D eigenvalue weighted by Gasteiger charge is 2.32. The van der Waals surface area contributed by atoms with Crippen LogP contribution >= 0.6 is 0 Å². The van der Waals surface area contributed by atoms with Crippen LogP contribution in [0, 0.1) is 0 Å². The standard InChI is InChI=1S/C27H25F3N2O2/c1-31(16-20-11-8-12-21(15-20)27(28,29)30)25(26(33)34-2)23-18-32(17-19-9-4-3-5-10-19)24-14-7-6-13-22(23)24/h3-15,18,25H,16-17H2,1-2H3. The molecule has 4 rings (SSSR count). The third kappa shape index (κ3) is 4.99. The first-order valence-corrected chi connectivity index (χ1v) is 10.8. The lowest BCUT2D eigenvalue weighted by Gasteiger charge is -2.26. The van der Waals surface area contributed by atoms with Gasteiger partial charge in [0.1, 0.15) is 6.04 Å². The van der Waals surface area contributed by atoms with E-state index in [0.29, 0.717) is 12.1 Å². The van der Waals surface area contributed by atoms with Gasteiger partial charge in [-0.2, -0.15) is 13.2 Å². The summed E-state index contributed by atoms with van der Waals surface area (Å²) >= 11 is 0. The van der Waals surface area contributed by atoms with Gasteiger partial charge in [-0.25, -0.2) is 4.79 Å². The molecule has 0 radical (unpaired) electrons. The van der Waals surface area contributed by atoms with Crippen molar-refractivity contribution in [1.82, 2.24) is 9.47 Å². The van der Waals surface area contributed by atoms with Crippen molar-refractivity contribution in [2.45, 2.75) is 25.3 Å². The molecule has 1 unspecified atom stereocenters. The van der Waals surface area contributed by atoms with E-state index in [1.165, 1.54) is 13.2 Å². The van der Waals surface area contributed by atoms with Gasteiger partial charge in [-0.1, -0.05) is 66.7 Å². The molecule has 1 aromatic heterocycles. The number of hydrogen-bond acceptors (Lipinski definition) is 3. The summed E-state index contributed by atoms with van der Waals surface area (Å²) < 4.78 is 46.7. The van der Waals surface area contributed by atoms with E-state index in [-0.39, 0.29) is 6.54 Å². The van der Waals surface area contributed by atoms with Crippen molar-refractivity contribution >= 4 is 16.9 Å². The molecule has 0 aliphatic heterocycles. The average molecular weight is 467 g/mol. The van der Waals surface area contributed by atoms with Crippen LogP contribution in [-0.2, 0) is 28.8 Å². The second kappa shape index (κ2) is 9.73. The van der Waals surface area contributed by atoms with Crippen molar-refractivity contribution in [2.75, 3.05) is 14.2 Å². The van der Waals surface area contributed by atoms with E-state index in [4.69, 9.17) is 4.74 Å². The van der Waals surface area contributed by atoms with Crippen molar-refractivity contribution in [3.8, 4) is 0 Å². The quantitative estimate of drug-likeness (QED) is 0.311. The lowest BCUT2D eigenvalue weighted by molar-refractivity contribution is -0.147. The number of halogens is 3. The summed E-state index contributed by atoms with van der Waals surface area (Å²) in [5.74, 6) is -0.475. The molecule has 34 heavy (non-hydrogen) atoms. The molecule has 0 saturated heterocycles. The molecule has 3 aromatic carbocycles. The highest BCUT2D eigenvalue weighted by atomic mass is 19.4. The summed E-state index contributed by atoms with van der Waals surface area (Å²) in [7, 11) is 3.03. The zero-order chi connectivity index (χ0) is 24.3. The lowest BCUT2D eigenvalue weighted by Crippen LogP contribution is -2.31. The molecule has 0 aliphatic carbocycles. The monoisotopic (exact) mass is 466 g/mol. The van der Waals surface area contributed by atoms with Crippen LogP contribution in [0.5, 0.6) is 0 Å². The minimum absolute atomic E-state index is 0.141. The summed E-state index contributed by atoms with van der Waals surface area (Å²) in [5.41, 5.74) is 2.56. The van der Waals surface area contributed by atoms with E-state index in [2.05, 4.69) is 4.57 Å². The second-order valence-electron chi connectivity index (χ2n) is 8.25. The van der Waals surface area contributed by atoms with E-state index in [0.717, 1.165) is 34.2 Å². The highest BCUT2D eigenvalue weighted by Crippen LogP contribution is 2.33. The van der Waals surface area contributed by atoms with E-state index in [9.17, 15) is 18.0 Å². The molecular weight excluding hydrogens is 441 g/mol. The van der Waals surface area contributed by atoms with Gasteiger partial charge >= 0.3 is 12.1 Å². The summed E-state index contributed by atoms with van der Waals surface area (Å²) in [6.45, 7) is 0.758. The molecule has 1 heterocycles. The number of likely N-dealkylation sites (N-methyl/N-ethyl adjacent to an activating group) is 1. The van der Waals surface area contributed by atoms with E-state index < -0.39 is 23.8 Å². The number of methoxy groups -OCH3 is 1. The Balaban J connectivity index is 1.72. The summed E-state index contributed by atoms with van der Waals surface area (Å²) in [6.07, 6.45) is -2.50. The SMILES string of the molecule is COC(=O)C(c1cn(Cc2ccccc2)c2ccccc12)N(C)Cc1cccc(C(F)(F)F)c1. The first-order chi connectivity index (χ1) is 16.3. The zero-order valence-electron chi connectivity index (χ0n) is 18.9. The highest BCUT2D eigenvalue weighted by molar-refractivity contribution is 5.90. The summed E-state index contributed by atoms with van der Waals surface area (Å²) in [6, 6.07) is 22.1. The molecule has 7 heteroatoms. The first kappa shape index (κ1) is 23.6. The molecule has 0 spiro atoms. The number of carbonyl (C=O) groups is 1. The smallest absolute Gasteiger partial charge is 0.416 e. The molecule has 0 aliphatic rings. The Morgan fingerprint density at radius 1 is 0.971 bits per heavy atom. The predicted octanol–water partition coefficient (Wildman–Crippen LogP) is 6.05. The molecule has 176 valence electrons. The Labute approximate surface area is 196 Å². The largest absolute Gasteiger partial charge is 0.468 e. The van der Waals surface area contributed by atoms with Crippen LogP contribution in [0.4, 0.5) is 13.2 Å². The van der Waals surface area contributed by atoms with Crippen molar-refractivity contribution in [1.29, 1.82) is 0 Å². The van der Waals surface area contributed by atoms with Gasteiger partial charge in [0.05, 0.1) is 12.7 Å². The molecule has 0 amide bonds. The third-order valence-corrected chi connectivity index (χ3v) is 5.86. The normalized spacial score (nSPS) is 12.8. The minimum Gasteiger partial charge on any atom is -0.468 e. The number of carbonyl (C=O) groups excluding carboxylic acids is 1. The van der Waals surface area contributed by atoms with Gasteiger partial charge in [0, 0.05) is 35.8 Å². The fourth-order valence-electron chi connectivity index (χ4n) is 4.29. The fourth-order valence-corrected chi connectivity index (χ4v) is 4.29. The van der Waals surface area contributed by atoms with Crippen molar-refractivity contribution < 1.29 is 22.7 Å². The number of para-hydroxylation sites is 1. The average Bonchev–Trinajstić information content (AvgIpc) is 3.17. The molecule has 0 fully saturated rings. The Kier molecular flexibility index (Phi) is 6.75. The Morgan fingerprint density at radius 2 is 1.65 bits per heavy atom. The van der Waals surface area contributed by atoms with Crippen molar-refractivity contribution in [3.05, 3.63) is 107 Å². The van der Waals surface area contributed by atoms with Crippen LogP contribution in [0.2, 0.25) is 0 Å². The third-order valence-electron chi connectivity index (χ3n) is 5.86. The molecule has 4 aromatic rings. The van der Waals surface area contributed by atoms with Gasteiger partial charge in [0.15, 0.2) is 0 Å². The molecule has 1 atom stereocenters. The molecular formula is C27H25F3N2O2. The van der Waals surface area contributed by atoms with Gasteiger partial charge < -0.3 is 9.30 Å². The minimum atomic E-state index is -4.43. The van der Waals surface area contributed by atoms with Crippen molar-refractivity contribution in [3.63, 3.8) is 0 Å². The molecule has 4 nitrogen and oxygen atoms in total. The van der Waals surface area contributed by atoms with Crippen LogP contribution in [0.25, 0.3) is 10.9 Å². The van der Waals surface area contributed by atoms with Crippen LogP contribution < -0.4 is 0 Å². The van der Waals surface area contributed by atoms with Gasteiger partial charge in [0.25, 0.3) is 0 Å². The number of esters is 1. The number of rotatable bonds is 7. The van der Waals surface area contributed by atoms with Crippen LogP contribution in [0.1, 0.15) is 28.3 Å². The van der Waals surface area contributed by atoms with Gasteiger partial charge in [-0.3, -0.25) is 4.90 Å². The molecule has 0 N–H and O–H groups in total. The number of fused-ring (bicyclic) bond motifs is 1. The Hall–Kier alpha value is -3.58. The fraction of sp³-hybridized carbons (Fsp3) is 0.222. The maximum absolute atomic E-state index is 13.2. The lowest BCUT2D eigenvalue weighted by atomic mass is 10.0. The van der Waals surface area contributed by atoms with Crippen molar-refractivity contribution in [2.24, 2.45) is 0 Å². The van der Waals surface area contributed by atoms with Crippen LogP contribution in [0.3, 0.4) is 0 Å². The summed E-state index contributed by atoms with van der Waals surface area (Å²) in [4.78, 5) is 14.6. The first-order valence-electron chi connectivity index (χ1n) is 10.8. The number of nitrogens with zero attached hydrogens (tertiary/aromatic N) is 2. The maximum atomic E-state index is 13.2. The van der Waals surface area contributed by atoms with Gasteiger partial charge in [-0.15, -0.1) is 0 Å². The van der Waals surface area contributed by atoms with E-state index in [1.807, 2.05) is 60.8 Å². The maximum Gasteiger partial charge on any atom is 0.416 e. The number of hydrogen-bond donors (Lipinski definition) is 0. The topological polar surface area (TPSA) is 34.5 Å². The van der Waals surface area contributed by atoms with E-state index in [1.54, 1.807) is 18.0 Å². The molecule has 0 saturated carbocycles. The number of ether oxygens (including phenoxy) is 1. The molecule has 0 bridgehead atoms. The number of aromatic nitrogens is 1. The van der Waals surface area contributed by atoms with E-state index >= 15 is 0 Å². The van der Waals surface area contributed by atoms with Crippen LogP contribution in [-0.4, -0.2) is 29.6 Å². The summed E-state index contributed by atoms with van der Waals surface area (Å²) in [5, 5.41) is 0.893. The van der Waals surface area contributed by atoms with Crippen LogP contribution in [0.15, 0.2) is 85.1 Å². The van der Waals surface area contributed by atoms with Gasteiger partial charge in [-0.05, 0) is 30.3 Å². The number of benzene rings is 3. The Bertz CT molecular complexity index is 1280. The second-order valence-corrected chi connectivity index (χ2v) is 8.25. The van der Waals surface area contributed by atoms with Gasteiger partial charge in [0.2, 0.25) is 0 Å². The Morgan fingerprint density at radius 3 is 2.35 bits per heavy atom. The predicted molar refractivity (Wildman–Crippen MR) is 125 cm³/mol. The zero-order valence-corrected chi connectivity index (χ0v) is 18.9. The number of alkyl halides is 3.